The quantitative estimate of drug-likeness (QED) is 0.487. The molecule has 2 saturated heterocycles. The summed E-state index contributed by atoms with van der Waals surface area (Å²) < 4.78 is 7.90. The van der Waals surface area contributed by atoms with Crippen LogP contribution in [0.15, 0.2) is 53.3 Å². The van der Waals surface area contributed by atoms with Gasteiger partial charge in [0, 0.05) is 19.2 Å². The van der Waals surface area contributed by atoms with Crippen LogP contribution in [0, 0.1) is 0 Å². The van der Waals surface area contributed by atoms with Gasteiger partial charge in [-0.15, -0.1) is 5.10 Å². The summed E-state index contributed by atoms with van der Waals surface area (Å²) in [5, 5.41) is 12.4. The summed E-state index contributed by atoms with van der Waals surface area (Å²) in [4.78, 5) is 27.0. The molecule has 3 heterocycles. The van der Waals surface area contributed by atoms with Crippen LogP contribution >= 0.6 is 0 Å². The molecule has 0 atom stereocenters. The molecular formula is C29H37N5O3. The summed E-state index contributed by atoms with van der Waals surface area (Å²) in [6.45, 7) is 6.99. The summed E-state index contributed by atoms with van der Waals surface area (Å²) in [5.74, 6) is 1.03. The lowest BCUT2D eigenvalue weighted by molar-refractivity contribution is -0.114. The van der Waals surface area contributed by atoms with Crippen LogP contribution < -0.4 is 20.9 Å². The molecule has 0 saturated carbocycles. The molecule has 2 aliphatic heterocycles. The predicted octanol–water partition coefficient (Wildman–Crippen LogP) is 3.76. The van der Waals surface area contributed by atoms with E-state index in [9.17, 15) is 9.59 Å². The Bertz CT molecular complexity index is 1280. The molecule has 8 heteroatoms. The molecule has 2 fully saturated rings. The fourth-order valence-electron chi connectivity index (χ4n) is 5.52. The van der Waals surface area contributed by atoms with E-state index in [1.165, 1.54) is 12.5 Å². The zero-order valence-electron chi connectivity index (χ0n) is 21.6. The first-order valence-electron chi connectivity index (χ1n) is 13.5. The van der Waals surface area contributed by atoms with Gasteiger partial charge in [0.25, 0.3) is 5.56 Å². The molecule has 0 spiro atoms. The van der Waals surface area contributed by atoms with Crippen molar-refractivity contribution in [3.05, 3.63) is 64.4 Å². The number of hydrogen-bond donors (Lipinski definition) is 2. The number of anilines is 1. The van der Waals surface area contributed by atoms with Crippen LogP contribution in [0.2, 0.25) is 0 Å². The van der Waals surface area contributed by atoms with Gasteiger partial charge in [0.05, 0.1) is 10.8 Å². The maximum atomic E-state index is 13.1. The Morgan fingerprint density at radius 3 is 2.54 bits per heavy atom. The van der Waals surface area contributed by atoms with E-state index in [4.69, 9.17) is 4.74 Å². The SMILES string of the molecule is CC(=O)Nc1cccc(C2CCN(CCCn3nc(OC4CCNCC4)c4ccccc4c3=O)CC2)c1. The van der Waals surface area contributed by atoms with E-state index in [-0.39, 0.29) is 17.6 Å². The number of ether oxygens (including phenoxy) is 1. The summed E-state index contributed by atoms with van der Waals surface area (Å²) in [5.41, 5.74) is 2.11. The fourth-order valence-corrected chi connectivity index (χ4v) is 5.52. The molecule has 0 aliphatic carbocycles. The van der Waals surface area contributed by atoms with Gasteiger partial charge in [0.2, 0.25) is 11.8 Å². The minimum atomic E-state index is -0.0500. The van der Waals surface area contributed by atoms with Crippen molar-refractivity contribution in [2.75, 3.05) is 38.0 Å². The highest BCUT2D eigenvalue weighted by Gasteiger charge is 2.22. The molecule has 2 aromatic carbocycles. The van der Waals surface area contributed by atoms with Crippen LogP contribution in [0.25, 0.3) is 10.8 Å². The van der Waals surface area contributed by atoms with Crippen LogP contribution in [0.5, 0.6) is 5.88 Å². The van der Waals surface area contributed by atoms with Gasteiger partial charge >= 0.3 is 0 Å². The number of nitrogens with one attached hydrogen (secondary N) is 2. The van der Waals surface area contributed by atoms with Gasteiger partial charge in [-0.05, 0) is 101 Å². The minimum absolute atomic E-state index is 0.0445. The second kappa shape index (κ2) is 11.9. The molecule has 0 radical (unpaired) electrons. The van der Waals surface area contributed by atoms with Gasteiger partial charge in [-0.25, -0.2) is 4.68 Å². The van der Waals surface area contributed by atoms with Gasteiger partial charge in [0.15, 0.2) is 0 Å². The number of aryl methyl sites for hydroxylation is 1. The molecule has 1 aromatic heterocycles. The van der Waals surface area contributed by atoms with Crippen LogP contribution in [0.1, 0.15) is 50.5 Å². The number of amides is 1. The summed E-state index contributed by atoms with van der Waals surface area (Å²) >= 11 is 0. The Morgan fingerprint density at radius 1 is 1.03 bits per heavy atom. The normalized spacial score (nSPS) is 17.6. The van der Waals surface area contributed by atoms with E-state index in [1.807, 2.05) is 36.4 Å². The predicted molar refractivity (Wildman–Crippen MR) is 146 cm³/mol. The van der Waals surface area contributed by atoms with Crippen molar-refractivity contribution in [2.24, 2.45) is 0 Å². The van der Waals surface area contributed by atoms with Crippen molar-refractivity contribution in [3.63, 3.8) is 0 Å². The van der Waals surface area contributed by atoms with E-state index in [1.54, 1.807) is 4.68 Å². The van der Waals surface area contributed by atoms with Crippen molar-refractivity contribution in [3.8, 4) is 5.88 Å². The summed E-state index contributed by atoms with van der Waals surface area (Å²) in [7, 11) is 0. The molecular weight excluding hydrogens is 466 g/mol. The topological polar surface area (TPSA) is 88.5 Å². The fraction of sp³-hybridized carbons (Fsp3) is 0.483. The lowest BCUT2D eigenvalue weighted by atomic mass is 9.89. The molecule has 2 aliphatic rings. The average Bonchev–Trinajstić information content (AvgIpc) is 2.92. The number of carbonyl (C=O) groups is 1. The second-order valence-corrected chi connectivity index (χ2v) is 10.2. The van der Waals surface area contributed by atoms with Crippen LogP contribution in [0.4, 0.5) is 5.69 Å². The number of fused-ring (bicyclic) bond motifs is 1. The van der Waals surface area contributed by atoms with E-state index in [2.05, 4.69) is 32.8 Å². The van der Waals surface area contributed by atoms with E-state index in [0.29, 0.717) is 23.7 Å². The number of nitrogens with zero attached hydrogens (tertiary/aromatic N) is 3. The highest BCUT2D eigenvalue weighted by atomic mass is 16.5. The monoisotopic (exact) mass is 503 g/mol. The molecule has 0 unspecified atom stereocenters. The Balaban J connectivity index is 1.18. The van der Waals surface area contributed by atoms with Gasteiger partial charge in [-0.3, -0.25) is 9.59 Å². The maximum Gasteiger partial charge on any atom is 0.274 e. The van der Waals surface area contributed by atoms with Gasteiger partial charge < -0.3 is 20.3 Å². The first kappa shape index (κ1) is 25.4. The average molecular weight is 504 g/mol. The molecule has 0 bridgehead atoms. The largest absolute Gasteiger partial charge is 0.473 e. The lowest BCUT2D eigenvalue weighted by Gasteiger charge is -2.32. The van der Waals surface area contributed by atoms with E-state index < -0.39 is 0 Å². The van der Waals surface area contributed by atoms with E-state index >= 15 is 0 Å². The third-order valence-corrected chi connectivity index (χ3v) is 7.51. The number of rotatable bonds is 8. The minimum Gasteiger partial charge on any atom is -0.473 e. The number of hydrogen-bond acceptors (Lipinski definition) is 6. The smallest absolute Gasteiger partial charge is 0.274 e. The molecule has 37 heavy (non-hydrogen) atoms. The Labute approximate surface area is 218 Å². The lowest BCUT2D eigenvalue weighted by Crippen LogP contribution is -2.35. The molecule has 196 valence electrons. The van der Waals surface area contributed by atoms with Crippen molar-refractivity contribution < 1.29 is 9.53 Å². The van der Waals surface area contributed by atoms with E-state index in [0.717, 1.165) is 75.9 Å². The molecule has 1 amide bonds. The van der Waals surface area contributed by atoms with Crippen molar-refractivity contribution in [1.82, 2.24) is 20.0 Å². The number of benzene rings is 2. The number of likely N-dealkylation sites (tertiary alicyclic amines) is 1. The van der Waals surface area contributed by atoms with Crippen LogP contribution in [-0.2, 0) is 11.3 Å². The Hall–Kier alpha value is -3.23. The standard InChI is InChI=1S/C29H37N5O3/c1-21(35)31-24-7-4-6-23(20-24)22-12-18-33(19-13-22)16-5-17-34-29(36)27-9-3-2-8-26(27)28(32-34)37-25-10-14-30-15-11-25/h2-4,6-9,20,22,25,30H,5,10-19H2,1H3,(H,31,35). The molecule has 2 N–H and O–H groups in total. The van der Waals surface area contributed by atoms with Crippen molar-refractivity contribution in [2.45, 2.75) is 57.6 Å². The number of carbonyl (C=O) groups excluding carboxylic acids is 1. The number of piperidine rings is 2. The van der Waals surface area contributed by atoms with Crippen molar-refractivity contribution >= 4 is 22.4 Å². The first-order chi connectivity index (χ1) is 18.1. The van der Waals surface area contributed by atoms with Crippen molar-refractivity contribution in [1.29, 1.82) is 0 Å². The zero-order chi connectivity index (χ0) is 25.6. The Morgan fingerprint density at radius 2 is 1.78 bits per heavy atom. The molecule has 5 rings (SSSR count). The summed E-state index contributed by atoms with van der Waals surface area (Å²) in [6.07, 6.45) is 5.06. The zero-order valence-corrected chi connectivity index (χ0v) is 21.6. The summed E-state index contributed by atoms with van der Waals surface area (Å²) in [6, 6.07) is 15.9. The Kier molecular flexibility index (Phi) is 8.16. The number of aromatic nitrogens is 2. The highest BCUT2D eigenvalue weighted by Crippen LogP contribution is 2.30. The first-order valence-corrected chi connectivity index (χ1v) is 13.5. The van der Waals surface area contributed by atoms with Crippen LogP contribution in [0.3, 0.4) is 0 Å². The van der Waals surface area contributed by atoms with Crippen LogP contribution in [-0.4, -0.2) is 59.4 Å². The molecule has 8 nitrogen and oxygen atoms in total. The molecule has 3 aromatic rings. The maximum absolute atomic E-state index is 13.1. The van der Waals surface area contributed by atoms with Gasteiger partial charge in [0.1, 0.15) is 6.10 Å². The second-order valence-electron chi connectivity index (χ2n) is 10.2. The highest BCUT2D eigenvalue weighted by molar-refractivity contribution is 5.88. The van der Waals surface area contributed by atoms with Gasteiger partial charge in [-0.1, -0.05) is 24.3 Å². The third kappa shape index (κ3) is 6.37. The third-order valence-electron chi connectivity index (χ3n) is 7.51. The van der Waals surface area contributed by atoms with Gasteiger partial charge in [-0.2, -0.15) is 0 Å².